The summed E-state index contributed by atoms with van der Waals surface area (Å²) in [5.41, 5.74) is -1.75. The van der Waals surface area contributed by atoms with Gasteiger partial charge in [0, 0.05) is 0 Å². The van der Waals surface area contributed by atoms with E-state index >= 15 is 0 Å². The van der Waals surface area contributed by atoms with Crippen LogP contribution in [0.1, 0.15) is 113 Å². The van der Waals surface area contributed by atoms with Crippen LogP contribution >= 0.6 is 0 Å². The number of aliphatic hydroxyl groups is 16. The molecule has 33 atom stereocenters. The number of aliphatic hydroxyl groups excluding tert-OH is 16. The Kier molecular flexibility index (Phi) is 20.6. The maximum Gasteiger partial charge on any atom is 0.187 e. The Balaban J connectivity index is 0.934. The lowest BCUT2D eigenvalue weighted by Crippen LogP contribution is -2.68. The lowest BCUT2D eigenvalue weighted by atomic mass is 9.35. The van der Waals surface area contributed by atoms with Gasteiger partial charge in [0.2, 0.25) is 0 Å². The van der Waals surface area contributed by atoms with Gasteiger partial charge in [0.1, 0.15) is 110 Å². The fraction of sp³-hybridized carbons (Fsp3) is 0.966. The van der Waals surface area contributed by atoms with Crippen molar-refractivity contribution in [3.63, 3.8) is 0 Å². The van der Waals surface area contributed by atoms with Crippen LogP contribution in [0.4, 0.5) is 0 Å². The molecular weight excluding hydrogens is 1110 g/mol. The number of ether oxygens (including phenoxy) is 10. The zero-order valence-corrected chi connectivity index (χ0v) is 49.5. The first-order chi connectivity index (χ1) is 39.4. The third-order valence-corrected chi connectivity index (χ3v) is 22.2. The molecule has 5 saturated heterocycles. The molecule has 26 heteroatoms. The van der Waals surface area contributed by atoms with Crippen LogP contribution < -0.4 is 0 Å². The minimum absolute atomic E-state index is 0.00387. The van der Waals surface area contributed by atoms with Crippen LogP contribution in [0, 0.1) is 45.3 Å². The van der Waals surface area contributed by atoms with Gasteiger partial charge in [-0.3, -0.25) is 0 Å². The highest BCUT2D eigenvalue weighted by atomic mass is 16.8. The molecule has 4 saturated carbocycles. The van der Waals surface area contributed by atoms with Crippen molar-refractivity contribution >= 4 is 0 Å². The van der Waals surface area contributed by atoms with E-state index in [4.69, 9.17) is 47.4 Å². The molecule has 16 N–H and O–H groups in total. The molecule has 0 bridgehead atoms. The molecule has 5 aliphatic heterocycles. The number of hydrogen-bond acceptors (Lipinski definition) is 26. The fourth-order valence-electron chi connectivity index (χ4n) is 17.2. The van der Waals surface area contributed by atoms with Gasteiger partial charge >= 0.3 is 0 Å². The van der Waals surface area contributed by atoms with Crippen LogP contribution in [0.5, 0.6) is 0 Å². The Morgan fingerprint density at radius 2 is 1.04 bits per heavy atom. The Labute approximate surface area is 490 Å². The minimum Gasteiger partial charge on any atom is -0.394 e. The maximum atomic E-state index is 12.9. The Bertz CT molecular complexity index is 2210. The second kappa shape index (κ2) is 25.8. The molecule has 5 heterocycles. The second-order valence-electron chi connectivity index (χ2n) is 27.7. The molecule has 2 unspecified atom stereocenters. The van der Waals surface area contributed by atoms with Gasteiger partial charge in [-0.25, -0.2) is 0 Å². The van der Waals surface area contributed by atoms with Crippen LogP contribution in [0.25, 0.3) is 0 Å². The van der Waals surface area contributed by atoms with E-state index in [2.05, 4.69) is 40.7 Å². The smallest absolute Gasteiger partial charge is 0.187 e. The van der Waals surface area contributed by atoms with Gasteiger partial charge in [-0.05, 0) is 124 Å². The van der Waals surface area contributed by atoms with E-state index in [1.54, 1.807) is 0 Å². The van der Waals surface area contributed by atoms with E-state index in [9.17, 15) is 81.7 Å². The summed E-state index contributed by atoms with van der Waals surface area (Å²) in [5.74, 6) is -0.576. The predicted octanol–water partition coefficient (Wildman–Crippen LogP) is -3.10. The van der Waals surface area contributed by atoms with E-state index in [1.807, 2.05) is 20.8 Å². The highest BCUT2D eigenvalue weighted by molar-refractivity contribution is 5.21. The van der Waals surface area contributed by atoms with Gasteiger partial charge in [0.15, 0.2) is 31.5 Å². The van der Waals surface area contributed by atoms with Crippen LogP contribution in [-0.4, -0.2) is 274 Å². The zero-order chi connectivity index (χ0) is 61.5. The molecule has 0 aromatic carbocycles. The van der Waals surface area contributed by atoms with Gasteiger partial charge in [-0.15, -0.1) is 0 Å². The van der Waals surface area contributed by atoms with Gasteiger partial charge < -0.3 is 129 Å². The van der Waals surface area contributed by atoms with Crippen molar-refractivity contribution in [3.05, 3.63) is 11.6 Å². The van der Waals surface area contributed by atoms with E-state index < -0.39 is 196 Å². The zero-order valence-electron chi connectivity index (χ0n) is 49.5. The maximum absolute atomic E-state index is 12.9. The standard InChI is InChI=1S/C58H98O26/c1-24(2)10-9-14-58(8,84-51-46(74)41(69)40(68)31(80-51)23-77-49-44(72)36(64)27(62)21-75-49)25-11-16-57(7)35(25)26(61)18-33-55(5)15-13-34(54(3,4)32(55)12-17-56(33,57)6)81-52-47(42(70)38(66)29(19-59)78-52)83-53-48(43(71)39(67)30(20-60)79-53)82-50-45(73)37(65)28(63)22-76-50/h10,25-53,59-74H,9,11-23H2,1-8H3/t25-,26+,27-,28-,29+,30+,31-,32-,33+,34?,35-,36-,37-,38-,39-,40+,41-,42-,43-,44+,45+,46-,47+,48+,49?,50+,51-,52+,53+,55-,56+,57+,58+/m0/s1. The quantitative estimate of drug-likeness (QED) is 0.0507. The monoisotopic (exact) mass is 1210 g/mol. The highest BCUT2D eigenvalue weighted by Crippen LogP contribution is 2.76. The van der Waals surface area contributed by atoms with Crippen LogP contribution in [0.2, 0.25) is 0 Å². The molecular formula is C58H98O26. The first-order valence-electron chi connectivity index (χ1n) is 30.2. The Hall–Kier alpha value is -1.30. The normalized spacial score (nSPS) is 53.0. The summed E-state index contributed by atoms with van der Waals surface area (Å²) in [6.45, 7) is 14.3. The van der Waals surface area contributed by atoms with Crippen molar-refractivity contribution < 1.29 is 129 Å². The van der Waals surface area contributed by atoms with Crippen LogP contribution in [0.3, 0.4) is 0 Å². The molecule has 84 heavy (non-hydrogen) atoms. The van der Waals surface area contributed by atoms with Crippen molar-refractivity contribution in [1.82, 2.24) is 0 Å². The van der Waals surface area contributed by atoms with Crippen molar-refractivity contribution in [3.8, 4) is 0 Å². The topological polar surface area (TPSA) is 416 Å². The van der Waals surface area contributed by atoms with E-state index in [-0.39, 0.29) is 41.1 Å². The van der Waals surface area contributed by atoms with Gasteiger partial charge in [0.25, 0.3) is 0 Å². The lowest BCUT2D eigenvalue weighted by molar-refractivity contribution is -0.395. The summed E-state index contributed by atoms with van der Waals surface area (Å²) in [6.07, 6.45) is -30.9. The summed E-state index contributed by atoms with van der Waals surface area (Å²) < 4.78 is 60.9. The van der Waals surface area contributed by atoms with Crippen molar-refractivity contribution in [2.75, 3.05) is 33.0 Å². The molecule has 0 radical (unpaired) electrons. The number of hydrogen-bond donors (Lipinski definition) is 16. The average molecular weight is 1210 g/mol. The molecule has 486 valence electrons. The van der Waals surface area contributed by atoms with Gasteiger partial charge in [0.05, 0.1) is 50.8 Å². The first kappa shape index (κ1) is 67.1. The Morgan fingerprint density at radius 3 is 1.62 bits per heavy atom. The summed E-state index contributed by atoms with van der Waals surface area (Å²) in [7, 11) is 0. The lowest BCUT2D eigenvalue weighted by Gasteiger charge is -2.71. The van der Waals surface area contributed by atoms with Crippen molar-refractivity contribution in [1.29, 1.82) is 0 Å². The third-order valence-electron chi connectivity index (χ3n) is 22.2. The first-order valence-corrected chi connectivity index (χ1v) is 30.2. The summed E-state index contributed by atoms with van der Waals surface area (Å²) >= 11 is 0. The van der Waals surface area contributed by atoms with Gasteiger partial charge in [-0.2, -0.15) is 0 Å². The van der Waals surface area contributed by atoms with Gasteiger partial charge in [-0.1, -0.05) is 46.3 Å². The number of rotatable bonds is 17. The SMILES string of the molecule is CC(C)=CCC[C@@](C)(O[C@@H]1O[C@@H](COC2OC[C@H](O)[C@H](O)[C@H]2O)[C@@H](O)[C@H](O)[C@@H]1O)[C@H]1CC[C@]2(C)[C@@H]1[C@H](O)C[C@@H]1[C@@]3(C)CCC(O[C@H]4O[C@H](CO)[C@H](O)[C@H](O)[C@H]4O[C@H]4O[C@H](CO)[C@H](O)[C@H](O)[C@H]4O[C@H]4OC[C@H](O)[C@H](O)[C@H]4O)C(C)(C)[C@@H]3CC[C@]12C. The molecule has 9 fully saturated rings. The summed E-state index contributed by atoms with van der Waals surface area (Å²) in [5, 5.41) is 175. The predicted molar refractivity (Wildman–Crippen MR) is 287 cm³/mol. The molecule has 9 rings (SSSR count). The molecule has 0 amide bonds. The van der Waals surface area contributed by atoms with Crippen LogP contribution in [-0.2, 0) is 47.4 Å². The van der Waals surface area contributed by atoms with Crippen molar-refractivity contribution in [2.24, 2.45) is 45.3 Å². The summed E-state index contributed by atoms with van der Waals surface area (Å²) in [4.78, 5) is 0. The highest BCUT2D eigenvalue weighted by Gasteiger charge is 2.72. The summed E-state index contributed by atoms with van der Waals surface area (Å²) in [6, 6.07) is 0. The average Bonchev–Trinajstić information content (AvgIpc) is 1.22. The molecule has 4 aliphatic carbocycles. The second-order valence-corrected chi connectivity index (χ2v) is 27.7. The van der Waals surface area contributed by atoms with Crippen molar-refractivity contribution in [2.45, 2.75) is 272 Å². The van der Waals surface area contributed by atoms with E-state index in [0.717, 1.165) is 24.8 Å². The van der Waals surface area contributed by atoms with Crippen LogP contribution in [0.15, 0.2) is 11.6 Å². The minimum atomic E-state index is -1.88. The largest absolute Gasteiger partial charge is 0.394 e. The molecule has 26 nitrogen and oxygen atoms in total. The fourth-order valence-corrected chi connectivity index (χ4v) is 17.2. The van der Waals surface area contributed by atoms with E-state index in [0.29, 0.717) is 38.5 Å². The molecule has 0 aromatic rings. The van der Waals surface area contributed by atoms with E-state index in [1.165, 1.54) is 0 Å². The number of fused-ring (bicyclic) bond motifs is 5. The molecule has 9 aliphatic rings. The third kappa shape index (κ3) is 12.0. The molecule has 0 spiro atoms. The Morgan fingerprint density at radius 1 is 0.524 bits per heavy atom. The number of allylic oxidation sites excluding steroid dienone is 2. The molecule has 0 aromatic heterocycles.